The maximum atomic E-state index is 3.52. The van der Waals surface area contributed by atoms with Gasteiger partial charge in [0.05, 0.1) is 0 Å². The summed E-state index contributed by atoms with van der Waals surface area (Å²) in [5.74, 6) is 0. The van der Waals surface area contributed by atoms with Gasteiger partial charge in [-0.25, -0.2) is 0 Å². The number of hydrogen-bond acceptors (Lipinski definition) is 1. The minimum Gasteiger partial charge on any atom is -0.361 e. The first kappa shape index (κ1) is 12.9. The van der Waals surface area contributed by atoms with Crippen LogP contribution in [0.2, 0.25) is 0 Å². The van der Waals surface area contributed by atoms with Crippen molar-refractivity contribution in [2.75, 3.05) is 6.54 Å². The number of nitrogens with one attached hydrogen (secondary N) is 2. The van der Waals surface area contributed by atoms with Crippen LogP contribution in [0.25, 0.3) is 10.9 Å². The van der Waals surface area contributed by atoms with Gasteiger partial charge in [-0.1, -0.05) is 30.3 Å². The van der Waals surface area contributed by atoms with Crippen LogP contribution in [0.5, 0.6) is 0 Å². The molecule has 2 nitrogen and oxygen atoms in total. The van der Waals surface area contributed by atoms with E-state index in [2.05, 4.69) is 65.8 Å². The van der Waals surface area contributed by atoms with E-state index in [9.17, 15) is 0 Å². The van der Waals surface area contributed by atoms with E-state index in [1.807, 2.05) is 6.20 Å². The summed E-state index contributed by atoms with van der Waals surface area (Å²) in [5.41, 5.74) is 5.35. The molecular weight excluding hydrogens is 244 g/mol. The van der Waals surface area contributed by atoms with E-state index in [0.29, 0.717) is 0 Å². The minimum absolute atomic E-state index is 0.924. The Kier molecular flexibility index (Phi) is 3.84. The largest absolute Gasteiger partial charge is 0.361 e. The number of benzene rings is 2. The Balaban J connectivity index is 1.53. The molecule has 2 heteroatoms. The van der Waals surface area contributed by atoms with E-state index < -0.39 is 0 Å². The normalized spacial score (nSPS) is 11.1. The van der Waals surface area contributed by atoms with Crippen molar-refractivity contribution in [3.63, 3.8) is 0 Å². The minimum atomic E-state index is 0.924. The molecule has 20 heavy (non-hydrogen) atoms. The van der Waals surface area contributed by atoms with Crippen LogP contribution < -0.4 is 5.32 Å². The maximum absolute atomic E-state index is 3.52. The lowest BCUT2D eigenvalue weighted by molar-refractivity contribution is 0.686. The standard InChI is InChI=1S/C18H20N2/c1-14-4-2-3-5-16(14)8-10-19-13-15-6-7-18-17(12-15)9-11-20-18/h2-7,9,11-12,19-20H,8,10,13H2,1H3. The third-order valence-corrected chi connectivity index (χ3v) is 3.78. The fourth-order valence-corrected chi connectivity index (χ4v) is 2.56. The number of aromatic nitrogens is 1. The summed E-state index contributed by atoms with van der Waals surface area (Å²) in [5, 5.41) is 4.80. The van der Waals surface area contributed by atoms with Crippen LogP contribution in [-0.4, -0.2) is 11.5 Å². The maximum Gasteiger partial charge on any atom is 0.0454 e. The Labute approximate surface area is 119 Å². The highest BCUT2D eigenvalue weighted by Gasteiger charge is 1.99. The molecule has 0 bridgehead atoms. The lowest BCUT2D eigenvalue weighted by atomic mass is 10.1. The number of fused-ring (bicyclic) bond motifs is 1. The van der Waals surface area contributed by atoms with Gasteiger partial charge >= 0.3 is 0 Å². The fraction of sp³-hybridized carbons (Fsp3) is 0.222. The second-order valence-corrected chi connectivity index (χ2v) is 5.25. The van der Waals surface area contributed by atoms with E-state index in [4.69, 9.17) is 0 Å². The highest BCUT2D eigenvalue weighted by molar-refractivity contribution is 5.79. The first-order chi connectivity index (χ1) is 9.83. The van der Waals surface area contributed by atoms with Gasteiger partial charge in [-0.15, -0.1) is 0 Å². The van der Waals surface area contributed by atoms with Crippen molar-refractivity contribution in [3.05, 3.63) is 71.4 Å². The Bertz CT molecular complexity index is 697. The Morgan fingerprint density at radius 2 is 1.95 bits per heavy atom. The lowest BCUT2D eigenvalue weighted by Crippen LogP contribution is -2.16. The summed E-state index contributed by atoms with van der Waals surface area (Å²) in [6.07, 6.45) is 3.07. The number of aromatic amines is 1. The molecule has 0 amide bonds. The third kappa shape index (κ3) is 2.91. The molecule has 0 atom stereocenters. The zero-order valence-corrected chi connectivity index (χ0v) is 11.8. The van der Waals surface area contributed by atoms with E-state index in [1.54, 1.807) is 0 Å². The number of hydrogen-bond donors (Lipinski definition) is 2. The van der Waals surface area contributed by atoms with Crippen molar-refractivity contribution >= 4 is 10.9 Å². The predicted molar refractivity (Wildman–Crippen MR) is 84.9 cm³/mol. The molecule has 3 aromatic rings. The first-order valence-electron chi connectivity index (χ1n) is 7.14. The van der Waals surface area contributed by atoms with Gasteiger partial charge in [0.15, 0.2) is 0 Å². The molecule has 1 heterocycles. The molecule has 0 saturated carbocycles. The van der Waals surface area contributed by atoms with Gasteiger partial charge in [0.2, 0.25) is 0 Å². The Hall–Kier alpha value is -2.06. The molecule has 0 aliphatic rings. The lowest BCUT2D eigenvalue weighted by Gasteiger charge is -2.07. The molecule has 0 aliphatic carbocycles. The van der Waals surface area contributed by atoms with Crippen LogP contribution in [-0.2, 0) is 13.0 Å². The van der Waals surface area contributed by atoms with Crippen molar-refractivity contribution in [1.82, 2.24) is 10.3 Å². The Morgan fingerprint density at radius 3 is 2.85 bits per heavy atom. The summed E-state index contributed by atoms with van der Waals surface area (Å²) >= 11 is 0. The van der Waals surface area contributed by atoms with E-state index >= 15 is 0 Å². The number of aryl methyl sites for hydroxylation is 1. The van der Waals surface area contributed by atoms with Crippen LogP contribution in [0.4, 0.5) is 0 Å². The zero-order valence-electron chi connectivity index (χ0n) is 11.8. The molecule has 3 rings (SSSR count). The van der Waals surface area contributed by atoms with Crippen molar-refractivity contribution in [3.8, 4) is 0 Å². The Morgan fingerprint density at radius 1 is 1.05 bits per heavy atom. The molecule has 0 fully saturated rings. The summed E-state index contributed by atoms with van der Waals surface area (Å²) in [7, 11) is 0. The summed E-state index contributed by atoms with van der Waals surface area (Å²) in [6, 6.07) is 17.3. The van der Waals surface area contributed by atoms with E-state index in [1.165, 1.54) is 27.6 Å². The highest BCUT2D eigenvalue weighted by Crippen LogP contribution is 2.14. The van der Waals surface area contributed by atoms with Gasteiger partial charge in [-0.2, -0.15) is 0 Å². The average Bonchev–Trinajstić information content (AvgIpc) is 2.93. The second kappa shape index (κ2) is 5.93. The van der Waals surface area contributed by atoms with Crippen molar-refractivity contribution < 1.29 is 0 Å². The zero-order chi connectivity index (χ0) is 13.8. The molecule has 0 spiro atoms. The molecule has 0 saturated heterocycles. The quantitative estimate of drug-likeness (QED) is 0.674. The fourth-order valence-electron chi connectivity index (χ4n) is 2.56. The highest BCUT2D eigenvalue weighted by atomic mass is 14.8. The molecule has 0 radical (unpaired) electrons. The molecule has 2 N–H and O–H groups in total. The molecule has 1 aromatic heterocycles. The van der Waals surface area contributed by atoms with Crippen LogP contribution in [0, 0.1) is 6.92 Å². The van der Waals surface area contributed by atoms with Crippen LogP contribution in [0.1, 0.15) is 16.7 Å². The monoisotopic (exact) mass is 264 g/mol. The van der Waals surface area contributed by atoms with Crippen LogP contribution >= 0.6 is 0 Å². The topological polar surface area (TPSA) is 27.8 Å². The van der Waals surface area contributed by atoms with Crippen molar-refractivity contribution in [2.24, 2.45) is 0 Å². The molecular formula is C18H20N2. The number of H-pyrrole nitrogens is 1. The van der Waals surface area contributed by atoms with E-state index in [0.717, 1.165) is 19.5 Å². The second-order valence-electron chi connectivity index (χ2n) is 5.25. The van der Waals surface area contributed by atoms with Crippen LogP contribution in [0.3, 0.4) is 0 Å². The van der Waals surface area contributed by atoms with Gasteiger partial charge in [0, 0.05) is 18.3 Å². The van der Waals surface area contributed by atoms with Gasteiger partial charge in [0.25, 0.3) is 0 Å². The number of rotatable bonds is 5. The van der Waals surface area contributed by atoms with Gasteiger partial charge in [0.1, 0.15) is 0 Å². The third-order valence-electron chi connectivity index (χ3n) is 3.78. The van der Waals surface area contributed by atoms with Gasteiger partial charge in [-0.05, 0) is 60.2 Å². The summed E-state index contributed by atoms with van der Waals surface area (Å²) in [6.45, 7) is 4.11. The van der Waals surface area contributed by atoms with Crippen LogP contribution in [0.15, 0.2) is 54.7 Å². The van der Waals surface area contributed by atoms with Gasteiger partial charge < -0.3 is 10.3 Å². The summed E-state index contributed by atoms with van der Waals surface area (Å²) in [4.78, 5) is 3.22. The first-order valence-corrected chi connectivity index (χ1v) is 7.14. The smallest absolute Gasteiger partial charge is 0.0454 e. The molecule has 0 aliphatic heterocycles. The SMILES string of the molecule is Cc1ccccc1CCNCc1ccc2[nH]ccc2c1. The van der Waals surface area contributed by atoms with Crippen molar-refractivity contribution in [1.29, 1.82) is 0 Å². The molecule has 0 unspecified atom stereocenters. The predicted octanol–water partition coefficient (Wildman–Crippen LogP) is 3.81. The average molecular weight is 264 g/mol. The van der Waals surface area contributed by atoms with Gasteiger partial charge in [-0.3, -0.25) is 0 Å². The van der Waals surface area contributed by atoms with E-state index in [-0.39, 0.29) is 0 Å². The van der Waals surface area contributed by atoms with Crippen molar-refractivity contribution in [2.45, 2.75) is 19.9 Å². The summed E-state index contributed by atoms with van der Waals surface area (Å²) < 4.78 is 0. The molecule has 2 aromatic carbocycles. The molecule has 102 valence electrons.